The number of halogens is 1. The van der Waals surface area contributed by atoms with Gasteiger partial charge in [-0.2, -0.15) is 0 Å². The predicted molar refractivity (Wildman–Crippen MR) is 75.4 cm³/mol. The Hall–Kier alpha value is -2.56. The predicted octanol–water partition coefficient (Wildman–Crippen LogP) is 3.42. The summed E-state index contributed by atoms with van der Waals surface area (Å²) in [5, 5.41) is 8.90. The summed E-state index contributed by atoms with van der Waals surface area (Å²) in [7, 11) is 1.53. The van der Waals surface area contributed by atoms with Crippen LogP contribution >= 0.6 is 0 Å². The van der Waals surface area contributed by atoms with Crippen LogP contribution < -0.4 is 9.47 Å². The second-order valence-corrected chi connectivity index (χ2v) is 4.60. The first-order valence-electron chi connectivity index (χ1n) is 6.30. The molecule has 21 heavy (non-hydrogen) atoms. The van der Waals surface area contributed by atoms with Crippen molar-refractivity contribution in [3.05, 3.63) is 58.9 Å². The molecule has 0 aliphatic carbocycles. The van der Waals surface area contributed by atoms with Crippen molar-refractivity contribution in [1.29, 1.82) is 0 Å². The third-order valence-corrected chi connectivity index (χ3v) is 2.92. The Bertz CT molecular complexity index is 667. The summed E-state index contributed by atoms with van der Waals surface area (Å²) < 4.78 is 24.1. The summed E-state index contributed by atoms with van der Waals surface area (Å²) >= 11 is 0. The van der Waals surface area contributed by atoms with Crippen molar-refractivity contribution in [3.63, 3.8) is 0 Å². The lowest BCUT2D eigenvalue weighted by molar-refractivity contribution is 0.0696. The van der Waals surface area contributed by atoms with Crippen molar-refractivity contribution in [2.24, 2.45) is 0 Å². The second kappa shape index (κ2) is 6.26. The third kappa shape index (κ3) is 3.72. The minimum Gasteiger partial charge on any atom is -0.493 e. The van der Waals surface area contributed by atoms with Crippen LogP contribution in [0.15, 0.2) is 36.4 Å². The van der Waals surface area contributed by atoms with Crippen LogP contribution in [0.25, 0.3) is 0 Å². The Kier molecular flexibility index (Phi) is 4.42. The largest absolute Gasteiger partial charge is 0.493 e. The van der Waals surface area contributed by atoms with E-state index in [0.717, 1.165) is 11.6 Å². The normalized spacial score (nSPS) is 10.2. The number of methoxy groups -OCH3 is 1. The van der Waals surface area contributed by atoms with Crippen molar-refractivity contribution in [2.45, 2.75) is 13.5 Å². The highest BCUT2D eigenvalue weighted by atomic mass is 19.1. The van der Waals surface area contributed by atoms with E-state index in [0.29, 0.717) is 17.1 Å². The lowest BCUT2D eigenvalue weighted by Crippen LogP contribution is -2.02. The van der Waals surface area contributed by atoms with Gasteiger partial charge in [-0.05, 0) is 48.4 Å². The van der Waals surface area contributed by atoms with E-state index in [4.69, 9.17) is 14.6 Å². The van der Waals surface area contributed by atoms with Crippen molar-refractivity contribution in [2.75, 3.05) is 7.11 Å². The van der Waals surface area contributed by atoms with Crippen LogP contribution in [0.5, 0.6) is 11.5 Å². The van der Waals surface area contributed by atoms with E-state index in [1.165, 1.54) is 19.2 Å². The van der Waals surface area contributed by atoms with Gasteiger partial charge in [-0.1, -0.05) is 6.07 Å². The molecule has 0 saturated carbocycles. The molecule has 110 valence electrons. The molecular formula is C16H15FO4. The Morgan fingerprint density at radius 1 is 1.19 bits per heavy atom. The molecule has 0 heterocycles. The molecule has 0 amide bonds. The van der Waals surface area contributed by atoms with Crippen LogP contribution in [0.3, 0.4) is 0 Å². The third-order valence-electron chi connectivity index (χ3n) is 2.92. The van der Waals surface area contributed by atoms with Crippen molar-refractivity contribution >= 4 is 5.97 Å². The smallest absolute Gasteiger partial charge is 0.335 e. The summed E-state index contributed by atoms with van der Waals surface area (Å²) in [5.41, 5.74) is 1.36. The van der Waals surface area contributed by atoms with Crippen molar-refractivity contribution in [3.8, 4) is 11.5 Å². The molecule has 0 aliphatic rings. The van der Waals surface area contributed by atoms with Crippen LogP contribution in [0.4, 0.5) is 4.39 Å². The van der Waals surface area contributed by atoms with Crippen molar-refractivity contribution in [1.82, 2.24) is 0 Å². The molecule has 0 aliphatic heterocycles. The van der Waals surface area contributed by atoms with E-state index in [2.05, 4.69) is 0 Å². The number of hydrogen-bond acceptors (Lipinski definition) is 3. The lowest BCUT2D eigenvalue weighted by atomic mass is 10.1. The molecule has 0 aromatic heterocycles. The zero-order valence-corrected chi connectivity index (χ0v) is 11.7. The maximum atomic E-state index is 13.4. The molecule has 0 spiro atoms. The number of benzene rings is 2. The van der Waals surface area contributed by atoms with Gasteiger partial charge in [0, 0.05) is 0 Å². The standard InChI is InChI=1S/C16H15FO4/c1-10-3-4-14(15(5-10)20-2)21-9-11-6-12(16(18)19)8-13(17)7-11/h3-8H,9H2,1-2H3,(H,18,19). The average molecular weight is 290 g/mol. The molecule has 0 radical (unpaired) electrons. The van der Waals surface area contributed by atoms with Gasteiger partial charge in [0.05, 0.1) is 12.7 Å². The zero-order chi connectivity index (χ0) is 15.4. The molecule has 0 saturated heterocycles. The van der Waals surface area contributed by atoms with Crippen molar-refractivity contribution < 1.29 is 23.8 Å². The number of hydrogen-bond donors (Lipinski definition) is 1. The molecule has 2 aromatic rings. The number of carbonyl (C=O) groups is 1. The fourth-order valence-corrected chi connectivity index (χ4v) is 1.91. The topological polar surface area (TPSA) is 55.8 Å². The van der Waals surface area contributed by atoms with Crippen LogP contribution in [-0.4, -0.2) is 18.2 Å². The Labute approximate surface area is 121 Å². The first-order chi connectivity index (χ1) is 9.99. The minimum absolute atomic E-state index is 0.0530. The number of carboxylic acids is 1. The first-order valence-corrected chi connectivity index (χ1v) is 6.30. The zero-order valence-electron chi connectivity index (χ0n) is 11.7. The second-order valence-electron chi connectivity index (χ2n) is 4.60. The van der Waals surface area contributed by atoms with Gasteiger partial charge < -0.3 is 14.6 Å². The Balaban J connectivity index is 2.18. The van der Waals surface area contributed by atoms with Gasteiger partial charge >= 0.3 is 5.97 Å². The van der Waals surface area contributed by atoms with E-state index in [9.17, 15) is 9.18 Å². The van der Waals surface area contributed by atoms with Gasteiger partial charge in [-0.15, -0.1) is 0 Å². The van der Waals surface area contributed by atoms with E-state index in [1.54, 1.807) is 6.07 Å². The quantitative estimate of drug-likeness (QED) is 0.916. The van der Waals surface area contributed by atoms with E-state index in [-0.39, 0.29) is 12.2 Å². The molecule has 5 heteroatoms. The van der Waals surface area contributed by atoms with E-state index < -0.39 is 11.8 Å². The maximum Gasteiger partial charge on any atom is 0.335 e. The lowest BCUT2D eigenvalue weighted by Gasteiger charge is -2.11. The molecule has 0 unspecified atom stereocenters. The fourth-order valence-electron chi connectivity index (χ4n) is 1.91. The van der Waals surface area contributed by atoms with Gasteiger partial charge in [0.1, 0.15) is 12.4 Å². The summed E-state index contributed by atoms with van der Waals surface area (Å²) in [4.78, 5) is 10.9. The van der Waals surface area contributed by atoms with E-state index in [1.807, 2.05) is 19.1 Å². The summed E-state index contributed by atoms with van der Waals surface area (Å²) in [6.07, 6.45) is 0. The molecule has 0 fully saturated rings. The monoisotopic (exact) mass is 290 g/mol. The molecular weight excluding hydrogens is 275 g/mol. The highest BCUT2D eigenvalue weighted by Crippen LogP contribution is 2.28. The Morgan fingerprint density at radius 3 is 2.62 bits per heavy atom. The molecule has 0 bridgehead atoms. The summed E-state index contributed by atoms with van der Waals surface area (Å²) in [6.45, 7) is 1.98. The highest BCUT2D eigenvalue weighted by molar-refractivity contribution is 5.87. The number of aromatic carboxylic acids is 1. The highest BCUT2D eigenvalue weighted by Gasteiger charge is 2.09. The fraction of sp³-hybridized carbons (Fsp3) is 0.188. The van der Waals surface area contributed by atoms with Gasteiger partial charge in [0.2, 0.25) is 0 Å². The Morgan fingerprint density at radius 2 is 1.95 bits per heavy atom. The molecule has 0 atom stereocenters. The van der Waals surface area contributed by atoms with Crippen LogP contribution in [0.2, 0.25) is 0 Å². The minimum atomic E-state index is -1.18. The maximum absolute atomic E-state index is 13.4. The van der Waals surface area contributed by atoms with Crippen LogP contribution in [0.1, 0.15) is 21.5 Å². The van der Waals surface area contributed by atoms with Gasteiger partial charge in [-0.3, -0.25) is 0 Å². The SMILES string of the molecule is COc1cc(C)ccc1OCc1cc(F)cc(C(=O)O)c1. The molecule has 2 rings (SSSR count). The molecule has 4 nitrogen and oxygen atoms in total. The number of rotatable bonds is 5. The van der Waals surface area contributed by atoms with Crippen LogP contribution in [-0.2, 0) is 6.61 Å². The van der Waals surface area contributed by atoms with E-state index >= 15 is 0 Å². The number of carboxylic acid groups (broad SMARTS) is 1. The van der Waals surface area contributed by atoms with Gasteiger partial charge in [0.25, 0.3) is 0 Å². The number of ether oxygens (including phenoxy) is 2. The molecule has 2 aromatic carbocycles. The summed E-state index contributed by atoms with van der Waals surface area (Å²) in [5.74, 6) is -0.692. The van der Waals surface area contributed by atoms with Gasteiger partial charge in [-0.25, -0.2) is 9.18 Å². The summed E-state index contributed by atoms with van der Waals surface area (Å²) in [6, 6.07) is 9.04. The molecule has 1 N–H and O–H groups in total. The van der Waals surface area contributed by atoms with Gasteiger partial charge in [0.15, 0.2) is 11.5 Å². The first kappa shape index (κ1) is 14.8. The average Bonchev–Trinajstić information content (AvgIpc) is 2.45. The number of aryl methyl sites for hydroxylation is 1. The van der Waals surface area contributed by atoms with Crippen LogP contribution in [0, 0.1) is 12.7 Å².